The summed E-state index contributed by atoms with van der Waals surface area (Å²) in [5, 5.41) is 13.5. The van der Waals surface area contributed by atoms with E-state index in [4.69, 9.17) is 26.0 Å². The van der Waals surface area contributed by atoms with Crippen molar-refractivity contribution in [2.75, 3.05) is 0 Å². The molecular weight excluding hydrogens is 294 g/mol. The summed E-state index contributed by atoms with van der Waals surface area (Å²) in [4.78, 5) is 10.9. The second-order valence-electron chi connectivity index (χ2n) is 5.13. The van der Waals surface area contributed by atoms with Crippen molar-refractivity contribution in [2.24, 2.45) is 0 Å². The number of carboxylic acids is 1. The molecule has 1 saturated carbocycles. The van der Waals surface area contributed by atoms with Crippen LogP contribution in [-0.4, -0.2) is 22.3 Å². The molecule has 2 aromatic rings. The third kappa shape index (κ3) is 3.03. The van der Waals surface area contributed by atoms with Crippen LogP contribution in [0.5, 0.6) is 5.75 Å². The lowest BCUT2D eigenvalue weighted by Crippen LogP contribution is -2.23. The number of aromatic nitrogens is 1. The third-order valence-electron chi connectivity index (χ3n) is 3.38. The van der Waals surface area contributed by atoms with Crippen molar-refractivity contribution in [1.29, 1.82) is 0 Å². The van der Waals surface area contributed by atoms with Crippen molar-refractivity contribution in [1.82, 2.24) is 5.16 Å². The highest BCUT2D eigenvalue weighted by Crippen LogP contribution is 2.42. The van der Waals surface area contributed by atoms with Crippen LogP contribution in [0.1, 0.15) is 31.4 Å². The average Bonchev–Trinajstić information content (AvgIpc) is 3.18. The zero-order valence-corrected chi connectivity index (χ0v) is 12.1. The van der Waals surface area contributed by atoms with E-state index in [0.717, 1.165) is 18.6 Å². The summed E-state index contributed by atoms with van der Waals surface area (Å²) in [6, 6.07) is 6.85. The molecule has 0 amide bonds. The van der Waals surface area contributed by atoms with Gasteiger partial charge in [0.2, 0.25) is 0 Å². The molecule has 5 nitrogen and oxygen atoms in total. The first-order chi connectivity index (χ1) is 10.0. The van der Waals surface area contributed by atoms with Gasteiger partial charge < -0.3 is 14.4 Å². The van der Waals surface area contributed by atoms with Crippen LogP contribution < -0.4 is 4.74 Å². The van der Waals surface area contributed by atoms with Crippen molar-refractivity contribution in [3.63, 3.8) is 0 Å². The molecule has 6 heteroatoms. The molecule has 1 aliphatic carbocycles. The number of carbonyl (C=O) groups is 1. The molecule has 110 valence electrons. The fraction of sp³-hybridized carbons (Fsp3) is 0.333. The van der Waals surface area contributed by atoms with Crippen LogP contribution in [0.3, 0.4) is 0 Å². The standard InChI is InChI=1S/C15H14ClNO4/c1-8(15(18)19)20-13-5-4-10(16)6-11(13)12-7-14(21-17-12)9-2-3-9/h4-9H,2-3H2,1H3,(H,18,19)/t8-/m0/s1. The molecule has 1 fully saturated rings. The SMILES string of the molecule is C[C@H](Oc1ccc(Cl)cc1-c1cc(C2CC2)on1)C(=O)O. The Kier molecular flexibility index (Phi) is 3.59. The predicted octanol–water partition coefficient (Wildman–Crippen LogP) is 3.72. The molecule has 1 aromatic heterocycles. The smallest absolute Gasteiger partial charge is 0.344 e. The second kappa shape index (κ2) is 5.41. The Balaban J connectivity index is 1.94. The van der Waals surface area contributed by atoms with Gasteiger partial charge >= 0.3 is 5.97 Å². The Hall–Kier alpha value is -2.01. The minimum atomic E-state index is -1.03. The van der Waals surface area contributed by atoms with Gasteiger partial charge in [-0.25, -0.2) is 4.79 Å². The van der Waals surface area contributed by atoms with Gasteiger partial charge in [-0.2, -0.15) is 0 Å². The molecule has 3 rings (SSSR count). The minimum Gasteiger partial charge on any atom is -0.479 e. The van der Waals surface area contributed by atoms with E-state index in [9.17, 15) is 4.79 Å². The monoisotopic (exact) mass is 307 g/mol. The van der Waals surface area contributed by atoms with E-state index in [2.05, 4.69) is 5.16 Å². The lowest BCUT2D eigenvalue weighted by molar-refractivity contribution is -0.144. The summed E-state index contributed by atoms with van der Waals surface area (Å²) in [6.45, 7) is 1.47. The van der Waals surface area contributed by atoms with Crippen LogP contribution >= 0.6 is 11.6 Å². The van der Waals surface area contributed by atoms with Gasteiger partial charge in [0.05, 0.1) is 0 Å². The van der Waals surface area contributed by atoms with Gasteiger partial charge in [-0.1, -0.05) is 16.8 Å². The number of aliphatic carboxylic acids is 1. The lowest BCUT2D eigenvalue weighted by Gasteiger charge is -2.13. The Morgan fingerprint density at radius 1 is 1.48 bits per heavy atom. The van der Waals surface area contributed by atoms with E-state index in [-0.39, 0.29) is 0 Å². The van der Waals surface area contributed by atoms with Crippen LogP contribution in [0.4, 0.5) is 0 Å². The first-order valence-corrected chi connectivity index (χ1v) is 7.08. The normalized spacial score (nSPS) is 15.7. The minimum absolute atomic E-state index is 0.421. The summed E-state index contributed by atoms with van der Waals surface area (Å²) in [5.41, 5.74) is 1.23. The predicted molar refractivity (Wildman–Crippen MR) is 76.6 cm³/mol. The number of benzene rings is 1. The highest BCUT2D eigenvalue weighted by atomic mass is 35.5. The molecule has 1 heterocycles. The number of nitrogens with zero attached hydrogens (tertiary/aromatic N) is 1. The molecule has 1 aromatic carbocycles. The van der Waals surface area contributed by atoms with Crippen molar-refractivity contribution in [3.05, 3.63) is 35.0 Å². The summed E-state index contributed by atoms with van der Waals surface area (Å²) in [6.07, 6.45) is 1.27. The van der Waals surface area contributed by atoms with Crippen LogP contribution in [0.15, 0.2) is 28.8 Å². The van der Waals surface area contributed by atoms with Crippen LogP contribution in [0.2, 0.25) is 5.02 Å². The molecule has 1 N–H and O–H groups in total. The van der Waals surface area contributed by atoms with Crippen molar-refractivity contribution in [2.45, 2.75) is 31.8 Å². The molecule has 1 atom stereocenters. The fourth-order valence-corrected chi connectivity index (χ4v) is 2.19. The van der Waals surface area contributed by atoms with E-state index in [0.29, 0.717) is 27.9 Å². The molecule has 0 saturated heterocycles. The maximum Gasteiger partial charge on any atom is 0.344 e. The maximum absolute atomic E-state index is 10.9. The molecular formula is C15H14ClNO4. The van der Waals surface area contributed by atoms with Gasteiger partial charge in [-0.05, 0) is 38.0 Å². The summed E-state index contributed by atoms with van der Waals surface area (Å²) in [7, 11) is 0. The molecule has 21 heavy (non-hydrogen) atoms. The van der Waals surface area contributed by atoms with E-state index in [1.54, 1.807) is 18.2 Å². The van der Waals surface area contributed by atoms with E-state index < -0.39 is 12.1 Å². The topological polar surface area (TPSA) is 72.6 Å². The number of carboxylic acid groups (broad SMARTS) is 1. The van der Waals surface area contributed by atoms with Crippen LogP contribution in [-0.2, 0) is 4.79 Å². The van der Waals surface area contributed by atoms with Gasteiger partial charge in [-0.15, -0.1) is 0 Å². The number of rotatable bonds is 5. The molecule has 1 aliphatic rings. The van der Waals surface area contributed by atoms with E-state index in [1.807, 2.05) is 6.07 Å². The van der Waals surface area contributed by atoms with Gasteiger partial charge in [0, 0.05) is 22.6 Å². The molecule has 0 bridgehead atoms. The second-order valence-corrected chi connectivity index (χ2v) is 5.56. The Bertz CT molecular complexity index is 678. The Labute approximate surface area is 126 Å². The van der Waals surface area contributed by atoms with Crippen LogP contribution in [0.25, 0.3) is 11.3 Å². The summed E-state index contributed by atoms with van der Waals surface area (Å²) >= 11 is 6.02. The average molecular weight is 308 g/mol. The maximum atomic E-state index is 10.9. The molecule has 0 spiro atoms. The third-order valence-corrected chi connectivity index (χ3v) is 3.61. The van der Waals surface area contributed by atoms with Crippen molar-refractivity contribution >= 4 is 17.6 Å². The first kappa shape index (κ1) is 13.9. The first-order valence-electron chi connectivity index (χ1n) is 6.70. The zero-order valence-electron chi connectivity index (χ0n) is 11.4. The van der Waals surface area contributed by atoms with Gasteiger partial charge in [0.1, 0.15) is 17.2 Å². The molecule has 0 aliphatic heterocycles. The number of ether oxygens (including phenoxy) is 1. The molecule has 0 radical (unpaired) electrons. The zero-order chi connectivity index (χ0) is 15.0. The van der Waals surface area contributed by atoms with E-state index in [1.165, 1.54) is 6.92 Å². The summed E-state index contributed by atoms with van der Waals surface area (Å²) < 4.78 is 10.8. The van der Waals surface area contributed by atoms with Gasteiger partial charge in [-0.3, -0.25) is 0 Å². The van der Waals surface area contributed by atoms with Crippen molar-refractivity contribution < 1.29 is 19.2 Å². The quantitative estimate of drug-likeness (QED) is 0.911. The lowest BCUT2D eigenvalue weighted by atomic mass is 10.1. The number of hydrogen-bond acceptors (Lipinski definition) is 4. The van der Waals surface area contributed by atoms with E-state index >= 15 is 0 Å². The fourth-order valence-electron chi connectivity index (χ4n) is 2.02. The van der Waals surface area contributed by atoms with Crippen molar-refractivity contribution in [3.8, 4) is 17.0 Å². The highest BCUT2D eigenvalue weighted by Gasteiger charge is 2.28. The summed E-state index contributed by atoms with van der Waals surface area (Å²) in [5.74, 6) is 0.689. The Morgan fingerprint density at radius 2 is 2.24 bits per heavy atom. The molecule has 0 unspecified atom stereocenters. The van der Waals surface area contributed by atoms with Gasteiger partial charge in [0.15, 0.2) is 6.10 Å². The number of hydrogen-bond donors (Lipinski definition) is 1. The Morgan fingerprint density at radius 3 is 2.90 bits per heavy atom. The largest absolute Gasteiger partial charge is 0.479 e. The van der Waals surface area contributed by atoms with Crippen LogP contribution in [0, 0.1) is 0 Å². The number of halogens is 1. The van der Waals surface area contributed by atoms with Gasteiger partial charge in [0.25, 0.3) is 0 Å². The highest BCUT2D eigenvalue weighted by molar-refractivity contribution is 6.30.